The lowest BCUT2D eigenvalue weighted by Gasteiger charge is -2.43. The molecule has 1 amide bonds. The molecule has 1 unspecified atom stereocenters. The van der Waals surface area contributed by atoms with Gasteiger partial charge in [0, 0.05) is 30.5 Å². The molecule has 0 aliphatic carbocycles. The topological polar surface area (TPSA) is 85.6 Å². The van der Waals surface area contributed by atoms with E-state index in [1.54, 1.807) is 26.4 Å². The van der Waals surface area contributed by atoms with Crippen molar-refractivity contribution in [3.8, 4) is 11.5 Å². The van der Waals surface area contributed by atoms with Crippen LogP contribution in [-0.4, -0.2) is 39.8 Å². The Morgan fingerprint density at radius 3 is 2.08 bits per heavy atom. The zero-order valence-electron chi connectivity index (χ0n) is 29.5. The molecule has 268 valence electrons. The fourth-order valence-corrected chi connectivity index (χ4v) is 7.77. The van der Waals surface area contributed by atoms with Gasteiger partial charge in [-0.15, -0.1) is 12.4 Å². The predicted octanol–water partition coefficient (Wildman–Crippen LogP) is 8.03. The van der Waals surface area contributed by atoms with E-state index in [-0.39, 0.29) is 35.1 Å². The summed E-state index contributed by atoms with van der Waals surface area (Å²) < 4.78 is 24.7. The Morgan fingerprint density at radius 1 is 0.860 bits per heavy atom. The van der Waals surface area contributed by atoms with Crippen molar-refractivity contribution < 1.29 is 18.7 Å². The maximum Gasteiger partial charge on any atom is 0.220 e. The molecule has 8 heteroatoms. The summed E-state index contributed by atoms with van der Waals surface area (Å²) in [5.74, 6) is 1.28. The number of carbonyl (C=O) groups is 1. The van der Waals surface area contributed by atoms with E-state index < -0.39 is 0 Å². The van der Waals surface area contributed by atoms with Crippen molar-refractivity contribution in [2.24, 2.45) is 5.73 Å². The summed E-state index contributed by atoms with van der Waals surface area (Å²) in [4.78, 5) is 12.8. The van der Waals surface area contributed by atoms with E-state index in [0.717, 1.165) is 75.0 Å². The number of aryl methyl sites for hydroxylation is 1. The van der Waals surface area contributed by atoms with E-state index in [9.17, 15) is 9.18 Å². The minimum Gasteiger partial charge on any atom is -0.493 e. The molecule has 1 atom stereocenters. The van der Waals surface area contributed by atoms with Crippen LogP contribution >= 0.6 is 12.4 Å². The van der Waals surface area contributed by atoms with Crippen LogP contribution in [0.3, 0.4) is 0 Å². The number of nitrogens with one attached hydrogen (secondary N) is 2. The standard InChI is InChI=1S/C42H52FN3O3.ClH/c1-48-38-30-33-22-29-46-42(26-10-27-44,37(33)31-39(38)49-2)25-9-23-41(34-12-5-3-6-13-34,35-14-7-4-8-15-35)24-11-28-45-40(47)21-18-32-16-19-36(43)20-17-32;/h3-8,12-17,19-20,30-31,46H,9-11,18,21-29,44H2,1-2H3,(H,45,47);1H. The number of hydrogen-bond donors (Lipinski definition) is 3. The van der Waals surface area contributed by atoms with Crippen LogP contribution in [0, 0.1) is 5.82 Å². The first-order chi connectivity index (χ1) is 23.9. The molecule has 0 spiro atoms. The molecule has 0 radical (unpaired) electrons. The number of hydrogen-bond acceptors (Lipinski definition) is 5. The molecule has 0 saturated carbocycles. The number of amides is 1. The zero-order chi connectivity index (χ0) is 34.5. The van der Waals surface area contributed by atoms with Crippen molar-refractivity contribution in [1.82, 2.24) is 10.6 Å². The third-order valence-electron chi connectivity index (χ3n) is 10.3. The van der Waals surface area contributed by atoms with Crippen LogP contribution in [0.5, 0.6) is 11.5 Å². The molecule has 6 nitrogen and oxygen atoms in total. The SMILES string of the molecule is COc1cc2c(cc1OC)C(CCCN)(CCCC(CCCNC(=O)CCc1ccc(F)cc1)(c1ccccc1)c1ccccc1)NCC2.Cl. The number of halogens is 2. The van der Waals surface area contributed by atoms with E-state index >= 15 is 0 Å². The summed E-state index contributed by atoms with van der Waals surface area (Å²) in [6, 6.07) is 32.4. The van der Waals surface area contributed by atoms with Crippen LogP contribution in [0.4, 0.5) is 4.39 Å². The predicted molar refractivity (Wildman–Crippen MR) is 203 cm³/mol. The van der Waals surface area contributed by atoms with E-state index in [1.165, 1.54) is 34.4 Å². The monoisotopic (exact) mass is 701 g/mol. The van der Waals surface area contributed by atoms with Crippen molar-refractivity contribution in [3.63, 3.8) is 0 Å². The van der Waals surface area contributed by atoms with Crippen LogP contribution in [0.1, 0.15) is 79.2 Å². The molecule has 50 heavy (non-hydrogen) atoms. The summed E-state index contributed by atoms with van der Waals surface area (Å²) in [5.41, 5.74) is 11.8. The Kier molecular flexibility index (Phi) is 14.7. The van der Waals surface area contributed by atoms with Crippen LogP contribution in [0.2, 0.25) is 0 Å². The normalized spacial score (nSPS) is 15.4. The van der Waals surface area contributed by atoms with Gasteiger partial charge in [-0.2, -0.15) is 0 Å². The van der Waals surface area contributed by atoms with Crippen molar-refractivity contribution in [3.05, 3.63) is 131 Å². The molecule has 4 N–H and O–H groups in total. The lowest BCUT2D eigenvalue weighted by Crippen LogP contribution is -2.48. The van der Waals surface area contributed by atoms with Gasteiger partial charge in [0.25, 0.3) is 0 Å². The Bertz CT molecular complexity index is 1580. The van der Waals surface area contributed by atoms with Crippen molar-refractivity contribution in [1.29, 1.82) is 0 Å². The minimum absolute atomic E-state index is 0. The molecule has 1 aliphatic heterocycles. The number of methoxy groups -OCH3 is 2. The molecule has 0 saturated heterocycles. The highest BCUT2D eigenvalue weighted by molar-refractivity contribution is 5.85. The Hall–Kier alpha value is -3.91. The van der Waals surface area contributed by atoms with E-state index in [4.69, 9.17) is 15.2 Å². The molecule has 5 rings (SSSR count). The second kappa shape index (κ2) is 18.9. The van der Waals surface area contributed by atoms with Gasteiger partial charge in [0.2, 0.25) is 5.91 Å². The van der Waals surface area contributed by atoms with Crippen LogP contribution in [0.25, 0.3) is 0 Å². The molecule has 0 aromatic heterocycles. The van der Waals surface area contributed by atoms with Crippen LogP contribution < -0.4 is 25.8 Å². The average Bonchev–Trinajstić information content (AvgIpc) is 3.15. The highest BCUT2D eigenvalue weighted by atomic mass is 35.5. The van der Waals surface area contributed by atoms with E-state index in [1.807, 2.05) is 0 Å². The summed E-state index contributed by atoms with van der Waals surface area (Å²) in [6.07, 6.45) is 8.39. The smallest absolute Gasteiger partial charge is 0.220 e. The number of nitrogens with two attached hydrogens (primary N) is 1. The molecule has 0 fully saturated rings. The number of ether oxygens (including phenoxy) is 2. The number of benzene rings is 4. The number of fused-ring (bicyclic) bond motifs is 1. The van der Waals surface area contributed by atoms with Crippen molar-refractivity contribution in [2.75, 3.05) is 33.9 Å². The Labute approximate surface area is 303 Å². The molecule has 0 bridgehead atoms. The van der Waals surface area contributed by atoms with Gasteiger partial charge in [-0.25, -0.2) is 4.39 Å². The summed E-state index contributed by atoms with van der Waals surface area (Å²) in [6.45, 7) is 2.14. The second-order valence-electron chi connectivity index (χ2n) is 13.3. The minimum atomic E-state index is -0.264. The maximum absolute atomic E-state index is 13.3. The quantitative estimate of drug-likeness (QED) is 0.0915. The molecule has 4 aromatic carbocycles. The van der Waals surface area contributed by atoms with Crippen molar-refractivity contribution in [2.45, 2.75) is 75.2 Å². The fraction of sp³-hybridized carbons (Fsp3) is 0.405. The fourth-order valence-electron chi connectivity index (χ4n) is 7.77. The van der Waals surface area contributed by atoms with E-state index in [0.29, 0.717) is 25.9 Å². The summed E-state index contributed by atoms with van der Waals surface area (Å²) in [5, 5.41) is 7.10. The maximum atomic E-state index is 13.3. The Balaban J connectivity index is 0.00000562. The van der Waals surface area contributed by atoms with Gasteiger partial charge < -0.3 is 25.8 Å². The molecule has 1 heterocycles. The second-order valence-corrected chi connectivity index (χ2v) is 13.3. The number of rotatable bonds is 18. The molecule has 1 aliphatic rings. The average molecular weight is 702 g/mol. The van der Waals surface area contributed by atoms with E-state index in [2.05, 4.69) is 83.4 Å². The largest absolute Gasteiger partial charge is 0.493 e. The molecule has 4 aromatic rings. The van der Waals surface area contributed by atoms with Crippen molar-refractivity contribution >= 4 is 18.3 Å². The first-order valence-corrected chi connectivity index (χ1v) is 17.8. The van der Waals surface area contributed by atoms with Gasteiger partial charge in [-0.05, 0) is 110 Å². The summed E-state index contributed by atoms with van der Waals surface area (Å²) in [7, 11) is 3.39. The van der Waals surface area contributed by atoms with Gasteiger partial charge in [0.05, 0.1) is 14.2 Å². The first-order valence-electron chi connectivity index (χ1n) is 17.8. The molecular formula is C42H53ClFN3O3. The number of carbonyl (C=O) groups excluding carboxylic acids is 1. The van der Waals surface area contributed by atoms with Gasteiger partial charge in [-0.3, -0.25) is 4.79 Å². The van der Waals surface area contributed by atoms with Gasteiger partial charge in [-0.1, -0.05) is 79.2 Å². The van der Waals surface area contributed by atoms with Crippen LogP contribution in [-0.2, 0) is 28.6 Å². The van der Waals surface area contributed by atoms with Gasteiger partial charge in [0.15, 0.2) is 11.5 Å². The Morgan fingerprint density at radius 2 is 1.46 bits per heavy atom. The molecular weight excluding hydrogens is 649 g/mol. The zero-order valence-corrected chi connectivity index (χ0v) is 30.3. The third kappa shape index (κ3) is 9.45. The van der Waals surface area contributed by atoms with Gasteiger partial charge >= 0.3 is 0 Å². The highest BCUT2D eigenvalue weighted by Gasteiger charge is 2.39. The first kappa shape index (κ1) is 38.9. The highest BCUT2D eigenvalue weighted by Crippen LogP contribution is 2.46. The van der Waals surface area contributed by atoms with Crippen LogP contribution in [0.15, 0.2) is 97.1 Å². The lowest BCUT2D eigenvalue weighted by molar-refractivity contribution is -0.121. The third-order valence-corrected chi connectivity index (χ3v) is 10.3. The lowest BCUT2D eigenvalue weighted by atomic mass is 9.67. The van der Waals surface area contributed by atoms with Gasteiger partial charge in [0.1, 0.15) is 5.82 Å². The summed E-state index contributed by atoms with van der Waals surface area (Å²) >= 11 is 0.